The molecule has 0 aliphatic rings. The van der Waals surface area contributed by atoms with Gasteiger partial charge in [0.1, 0.15) is 5.78 Å². The van der Waals surface area contributed by atoms with Gasteiger partial charge in [0.05, 0.1) is 6.10 Å². The molecule has 0 fully saturated rings. The van der Waals surface area contributed by atoms with Crippen molar-refractivity contribution in [2.45, 2.75) is 32.8 Å². The SMILES string of the molecule is CCC(=O)CC(O)c1ccc(C)cc1. The van der Waals surface area contributed by atoms with Gasteiger partial charge in [-0.25, -0.2) is 0 Å². The highest BCUT2D eigenvalue weighted by atomic mass is 16.3. The number of hydrogen-bond donors (Lipinski definition) is 1. The van der Waals surface area contributed by atoms with Gasteiger partial charge in [-0.05, 0) is 12.5 Å². The Morgan fingerprint density at radius 3 is 2.43 bits per heavy atom. The number of aryl methyl sites for hydroxylation is 1. The molecule has 1 atom stereocenters. The smallest absolute Gasteiger partial charge is 0.135 e. The van der Waals surface area contributed by atoms with Crippen molar-refractivity contribution in [3.8, 4) is 0 Å². The first kappa shape index (κ1) is 10.9. The van der Waals surface area contributed by atoms with Crippen LogP contribution in [0.3, 0.4) is 0 Å². The van der Waals surface area contributed by atoms with E-state index in [9.17, 15) is 9.90 Å². The van der Waals surface area contributed by atoms with E-state index >= 15 is 0 Å². The average molecular weight is 192 g/mol. The van der Waals surface area contributed by atoms with E-state index in [2.05, 4.69) is 0 Å². The van der Waals surface area contributed by atoms with E-state index in [0.717, 1.165) is 11.1 Å². The number of carbonyl (C=O) groups is 1. The Morgan fingerprint density at radius 1 is 1.36 bits per heavy atom. The van der Waals surface area contributed by atoms with Crippen molar-refractivity contribution in [2.75, 3.05) is 0 Å². The zero-order valence-corrected chi connectivity index (χ0v) is 8.66. The molecule has 1 N–H and O–H groups in total. The molecule has 14 heavy (non-hydrogen) atoms. The largest absolute Gasteiger partial charge is 0.388 e. The van der Waals surface area contributed by atoms with Crippen LogP contribution in [0.1, 0.15) is 37.0 Å². The Kier molecular flexibility index (Phi) is 3.84. The van der Waals surface area contributed by atoms with Crippen molar-refractivity contribution >= 4 is 5.78 Å². The minimum Gasteiger partial charge on any atom is -0.388 e. The van der Waals surface area contributed by atoms with Crippen LogP contribution in [0.25, 0.3) is 0 Å². The summed E-state index contributed by atoms with van der Waals surface area (Å²) in [6.45, 7) is 3.80. The van der Waals surface area contributed by atoms with Crippen LogP contribution in [-0.2, 0) is 4.79 Å². The molecular formula is C12H16O2. The third kappa shape index (κ3) is 2.96. The number of aliphatic hydroxyl groups is 1. The lowest BCUT2D eigenvalue weighted by atomic mass is 10.0. The fraction of sp³-hybridized carbons (Fsp3) is 0.417. The van der Waals surface area contributed by atoms with Crippen LogP contribution in [-0.4, -0.2) is 10.9 Å². The van der Waals surface area contributed by atoms with Gasteiger partial charge < -0.3 is 5.11 Å². The lowest BCUT2D eigenvalue weighted by molar-refractivity contribution is -0.120. The molecule has 0 bridgehead atoms. The van der Waals surface area contributed by atoms with Crippen LogP contribution < -0.4 is 0 Å². The number of aliphatic hydroxyl groups excluding tert-OH is 1. The van der Waals surface area contributed by atoms with Crippen molar-refractivity contribution < 1.29 is 9.90 Å². The lowest BCUT2D eigenvalue weighted by Crippen LogP contribution is -2.05. The molecule has 1 aromatic carbocycles. The third-order valence-electron chi connectivity index (χ3n) is 2.28. The second kappa shape index (κ2) is 4.91. The van der Waals surface area contributed by atoms with E-state index in [1.807, 2.05) is 38.1 Å². The Morgan fingerprint density at radius 2 is 1.93 bits per heavy atom. The molecular weight excluding hydrogens is 176 g/mol. The first-order chi connectivity index (χ1) is 6.63. The predicted molar refractivity (Wildman–Crippen MR) is 56.1 cm³/mol. The summed E-state index contributed by atoms with van der Waals surface area (Å²) in [5.74, 6) is 0.0954. The van der Waals surface area contributed by atoms with Gasteiger partial charge in [0.2, 0.25) is 0 Å². The molecule has 1 unspecified atom stereocenters. The van der Waals surface area contributed by atoms with E-state index in [1.165, 1.54) is 0 Å². The second-order valence-corrected chi connectivity index (χ2v) is 3.52. The van der Waals surface area contributed by atoms with Crippen LogP contribution >= 0.6 is 0 Å². The predicted octanol–water partition coefficient (Wildman–Crippen LogP) is 2.40. The van der Waals surface area contributed by atoms with Crippen molar-refractivity contribution in [3.05, 3.63) is 35.4 Å². The highest BCUT2D eigenvalue weighted by molar-refractivity contribution is 5.78. The summed E-state index contributed by atoms with van der Waals surface area (Å²) in [6.07, 6.45) is 0.0608. The molecule has 0 aromatic heterocycles. The lowest BCUT2D eigenvalue weighted by Gasteiger charge is -2.09. The quantitative estimate of drug-likeness (QED) is 0.795. The fourth-order valence-corrected chi connectivity index (χ4v) is 1.27. The summed E-state index contributed by atoms with van der Waals surface area (Å²) in [6, 6.07) is 7.61. The molecule has 2 heteroatoms. The standard InChI is InChI=1S/C12H16O2/c1-3-11(13)8-12(14)10-6-4-9(2)5-7-10/h4-7,12,14H,3,8H2,1-2H3. The maximum absolute atomic E-state index is 11.1. The molecule has 0 saturated carbocycles. The van der Waals surface area contributed by atoms with E-state index in [4.69, 9.17) is 0 Å². The zero-order valence-electron chi connectivity index (χ0n) is 8.66. The summed E-state index contributed by atoms with van der Waals surface area (Å²) in [7, 11) is 0. The van der Waals surface area contributed by atoms with Gasteiger partial charge in [-0.1, -0.05) is 36.8 Å². The van der Waals surface area contributed by atoms with Crippen molar-refractivity contribution in [2.24, 2.45) is 0 Å². The molecule has 0 aliphatic heterocycles. The highest BCUT2D eigenvalue weighted by Gasteiger charge is 2.10. The number of hydrogen-bond acceptors (Lipinski definition) is 2. The number of carbonyl (C=O) groups excluding carboxylic acids is 1. The number of benzene rings is 1. The van der Waals surface area contributed by atoms with Gasteiger partial charge in [-0.3, -0.25) is 4.79 Å². The first-order valence-corrected chi connectivity index (χ1v) is 4.89. The molecule has 0 spiro atoms. The summed E-state index contributed by atoms with van der Waals surface area (Å²) in [5, 5.41) is 9.69. The molecule has 0 radical (unpaired) electrons. The Bertz CT molecular complexity index is 301. The Hall–Kier alpha value is -1.15. The second-order valence-electron chi connectivity index (χ2n) is 3.52. The highest BCUT2D eigenvalue weighted by Crippen LogP contribution is 2.17. The summed E-state index contributed by atoms with van der Waals surface area (Å²) in [4.78, 5) is 11.1. The number of rotatable bonds is 4. The van der Waals surface area contributed by atoms with Crippen LogP contribution in [0.15, 0.2) is 24.3 Å². The normalized spacial score (nSPS) is 12.5. The summed E-state index contributed by atoms with van der Waals surface area (Å²) < 4.78 is 0. The Balaban J connectivity index is 2.65. The molecule has 0 heterocycles. The van der Waals surface area contributed by atoms with Crippen molar-refractivity contribution in [1.82, 2.24) is 0 Å². The monoisotopic (exact) mass is 192 g/mol. The van der Waals surface area contributed by atoms with E-state index < -0.39 is 6.10 Å². The third-order valence-corrected chi connectivity index (χ3v) is 2.28. The first-order valence-electron chi connectivity index (χ1n) is 4.89. The molecule has 0 aliphatic carbocycles. The zero-order chi connectivity index (χ0) is 10.6. The summed E-state index contributed by atoms with van der Waals surface area (Å²) in [5.41, 5.74) is 1.97. The van der Waals surface area contributed by atoms with Crippen molar-refractivity contribution in [1.29, 1.82) is 0 Å². The fourth-order valence-electron chi connectivity index (χ4n) is 1.27. The minimum absolute atomic E-state index is 0.0954. The minimum atomic E-state index is -0.650. The maximum Gasteiger partial charge on any atom is 0.135 e. The van der Waals surface area contributed by atoms with Gasteiger partial charge in [-0.15, -0.1) is 0 Å². The Labute approximate surface area is 84.6 Å². The van der Waals surface area contributed by atoms with Gasteiger partial charge in [-0.2, -0.15) is 0 Å². The molecule has 1 aromatic rings. The van der Waals surface area contributed by atoms with Crippen molar-refractivity contribution in [3.63, 3.8) is 0 Å². The maximum atomic E-state index is 11.1. The molecule has 76 valence electrons. The molecule has 2 nitrogen and oxygen atoms in total. The van der Waals surface area contributed by atoms with Crippen LogP contribution in [0.5, 0.6) is 0 Å². The molecule has 0 amide bonds. The topological polar surface area (TPSA) is 37.3 Å². The van der Waals surface area contributed by atoms with Gasteiger partial charge in [0, 0.05) is 12.8 Å². The van der Waals surface area contributed by atoms with Gasteiger partial charge in [0.15, 0.2) is 0 Å². The van der Waals surface area contributed by atoms with Crippen LogP contribution in [0.2, 0.25) is 0 Å². The number of Topliss-reactive ketones (excluding diaryl/α,β-unsaturated/α-hetero) is 1. The van der Waals surface area contributed by atoms with Gasteiger partial charge >= 0.3 is 0 Å². The van der Waals surface area contributed by atoms with Crippen LogP contribution in [0.4, 0.5) is 0 Å². The molecule has 1 rings (SSSR count). The van der Waals surface area contributed by atoms with Crippen LogP contribution in [0, 0.1) is 6.92 Å². The van der Waals surface area contributed by atoms with E-state index in [1.54, 1.807) is 0 Å². The van der Waals surface area contributed by atoms with E-state index in [0.29, 0.717) is 6.42 Å². The summed E-state index contributed by atoms with van der Waals surface area (Å²) >= 11 is 0. The number of ketones is 1. The van der Waals surface area contributed by atoms with Gasteiger partial charge in [0.25, 0.3) is 0 Å². The average Bonchev–Trinajstić information content (AvgIpc) is 2.18. The van der Waals surface area contributed by atoms with E-state index in [-0.39, 0.29) is 12.2 Å². The molecule has 0 saturated heterocycles.